The van der Waals surface area contributed by atoms with Crippen molar-refractivity contribution in [1.29, 1.82) is 0 Å². The summed E-state index contributed by atoms with van der Waals surface area (Å²) in [5, 5.41) is 14.1. The molecule has 2 aromatic carbocycles. The maximum atomic E-state index is 12.4. The molecule has 2 N–H and O–H groups in total. The average Bonchev–Trinajstić information content (AvgIpc) is 3.08. The molecule has 0 aliphatic rings. The van der Waals surface area contributed by atoms with Gasteiger partial charge in [-0.25, -0.2) is 4.79 Å². The van der Waals surface area contributed by atoms with Gasteiger partial charge in [-0.1, -0.05) is 42.5 Å². The highest BCUT2D eigenvalue weighted by molar-refractivity contribution is 5.89. The quantitative estimate of drug-likeness (QED) is 0.758. The molecule has 6 nitrogen and oxygen atoms in total. The summed E-state index contributed by atoms with van der Waals surface area (Å²) >= 11 is 0. The Morgan fingerprint density at radius 2 is 1.83 bits per heavy atom. The number of nitrogens with one attached hydrogen (secondary N) is 2. The molecule has 2 amide bonds. The van der Waals surface area contributed by atoms with Gasteiger partial charge in [-0.05, 0) is 30.2 Å². The zero-order valence-corrected chi connectivity index (χ0v) is 13.4. The molecule has 0 aliphatic heterocycles. The average molecular weight is 321 g/mol. The van der Waals surface area contributed by atoms with Crippen LogP contribution >= 0.6 is 0 Å². The van der Waals surface area contributed by atoms with Gasteiger partial charge in [0.15, 0.2) is 0 Å². The second kappa shape index (κ2) is 7.41. The van der Waals surface area contributed by atoms with E-state index in [1.807, 2.05) is 61.5 Å². The third kappa shape index (κ3) is 4.19. The Morgan fingerprint density at radius 3 is 2.54 bits per heavy atom. The van der Waals surface area contributed by atoms with Crippen LogP contribution in [0.4, 0.5) is 10.5 Å². The lowest BCUT2D eigenvalue weighted by atomic mass is 10.1. The maximum Gasteiger partial charge on any atom is 0.319 e. The molecule has 1 atom stereocenters. The third-order valence-corrected chi connectivity index (χ3v) is 3.60. The van der Waals surface area contributed by atoms with Crippen LogP contribution in [0.25, 0.3) is 0 Å². The molecule has 0 saturated heterocycles. The standard InChI is InChI=1S/C18H19N5O/c1-14-6-5-9-16(12-14)21-18(24)22-17(13-23-19-10-11-20-23)15-7-3-2-4-8-15/h2-12,17H,13H2,1H3,(H2,21,22,24). The molecule has 1 unspecified atom stereocenters. The second-order valence-electron chi connectivity index (χ2n) is 5.52. The lowest BCUT2D eigenvalue weighted by molar-refractivity contribution is 0.246. The number of amides is 2. The summed E-state index contributed by atoms with van der Waals surface area (Å²) in [6.45, 7) is 2.44. The summed E-state index contributed by atoms with van der Waals surface area (Å²) in [5.74, 6) is 0. The van der Waals surface area contributed by atoms with E-state index in [1.165, 1.54) is 0 Å². The Balaban J connectivity index is 1.72. The van der Waals surface area contributed by atoms with Gasteiger partial charge in [0.05, 0.1) is 25.0 Å². The zero-order chi connectivity index (χ0) is 16.8. The van der Waals surface area contributed by atoms with Crippen molar-refractivity contribution in [3.05, 3.63) is 78.1 Å². The van der Waals surface area contributed by atoms with Crippen LogP contribution in [0.2, 0.25) is 0 Å². The van der Waals surface area contributed by atoms with Crippen molar-refractivity contribution < 1.29 is 4.79 Å². The fraction of sp³-hybridized carbons (Fsp3) is 0.167. The van der Waals surface area contributed by atoms with E-state index < -0.39 is 0 Å². The summed E-state index contributed by atoms with van der Waals surface area (Å²) in [6.07, 6.45) is 3.24. The number of benzene rings is 2. The van der Waals surface area contributed by atoms with Crippen LogP contribution in [0.5, 0.6) is 0 Å². The van der Waals surface area contributed by atoms with Crippen LogP contribution < -0.4 is 10.6 Å². The first kappa shape index (κ1) is 15.7. The van der Waals surface area contributed by atoms with Gasteiger partial charge in [0.25, 0.3) is 0 Å². The van der Waals surface area contributed by atoms with Crippen molar-refractivity contribution in [2.24, 2.45) is 0 Å². The van der Waals surface area contributed by atoms with E-state index in [-0.39, 0.29) is 12.1 Å². The summed E-state index contributed by atoms with van der Waals surface area (Å²) in [6, 6.07) is 17.0. The molecular formula is C18H19N5O. The summed E-state index contributed by atoms with van der Waals surface area (Å²) < 4.78 is 0. The largest absolute Gasteiger partial charge is 0.329 e. The molecule has 3 aromatic rings. The first-order chi connectivity index (χ1) is 11.7. The molecule has 0 radical (unpaired) electrons. The molecule has 0 fully saturated rings. The molecule has 0 bridgehead atoms. The van der Waals surface area contributed by atoms with Gasteiger partial charge in [-0.2, -0.15) is 15.0 Å². The van der Waals surface area contributed by atoms with Crippen LogP contribution in [0.1, 0.15) is 17.2 Å². The van der Waals surface area contributed by atoms with Gasteiger partial charge < -0.3 is 10.6 Å². The smallest absolute Gasteiger partial charge is 0.319 e. The number of hydrogen-bond donors (Lipinski definition) is 2. The summed E-state index contributed by atoms with van der Waals surface area (Å²) in [5.41, 5.74) is 2.85. The molecule has 6 heteroatoms. The maximum absolute atomic E-state index is 12.4. The minimum Gasteiger partial charge on any atom is -0.329 e. The second-order valence-corrected chi connectivity index (χ2v) is 5.52. The van der Waals surface area contributed by atoms with Gasteiger partial charge in [0.1, 0.15) is 0 Å². The van der Waals surface area contributed by atoms with Crippen molar-refractivity contribution in [3.8, 4) is 0 Å². The Kier molecular flexibility index (Phi) is 4.86. The zero-order valence-electron chi connectivity index (χ0n) is 13.4. The number of hydrogen-bond acceptors (Lipinski definition) is 3. The topological polar surface area (TPSA) is 71.8 Å². The van der Waals surface area contributed by atoms with Gasteiger partial charge in [0.2, 0.25) is 0 Å². The van der Waals surface area contributed by atoms with Gasteiger partial charge in [0, 0.05) is 5.69 Å². The molecule has 0 aliphatic carbocycles. The molecule has 1 aromatic heterocycles. The van der Waals surface area contributed by atoms with Crippen molar-refractivity contribution >= 4 is 11.7 Å². The van der Waals surface area contributed by atoms with Crippen LogP contribution in [0, 0.1) is 6.92 Å². The summed E-state index contributed by atoms with van der Waals surface area (Å²) in [4.78, 5) is 13.9. The minimum absolute atomic E-state index is 0.233. The fourth-order valence-corrected chi connectivity index (χ4v) is 2.47. The van der Waals surface area contributed by atoms with Crippen LogP contribution in [0.3, 0.4) is 0 Å². The SMILES string of the molecule is Cc1cccc(NC(=O)NC(Cn2nccn2)c2ccccc2)c1. The van der Waals surface area contributed by atoms with Crippen molar-refractivity contribution in [2.45, 2.75) is 19.5 Å². The lowest BCUT2D eigenvalue weighted by Gasteiger charge is -2.19. The minimum atomic E-state index is -0.262. The highest BCUT2D eigenvalue weighted by Gasteiger charge is 2.16. The molecule has 24 heavy (non-hydrogen) atoms. The lowest BCUT2D eigenvalue weighted by Crippen LogP contribution is -2.35. The van der Waals surface area contributed by atoms with Gasteiger partial charge in [-0.3, -0.25) is 0 Å². The predicted molar refractivity (Wildman–Crippen MR) is 92.5 cm³/mol. The van der Waals surface area contributed by atoms with Crippen LogP contribution in [0.15, 0.2) is 67.0 Å². The molecule has 1 heterocycles. The first-order valence-electron chi connectivity index (χ1n) is 7.74. The predicted octanol–water partition coefficient (Wildman–Crippen LogP) is 3.15. The third-order valence-electron chi connectivity index (χ3n) is 3.60. The van der Waals surface area contributed by atoms with E-state index in [0.717, 1.165) is 16.8 Å². The Morgan fingerprint density at radius 1 is 1.08 bits per heavy atom. The monoisotopic (exact) mass is 321 g/mol. The van der Waals surface area contributed by atoms with E-state index in [2.05, 4.69) is 20.8 Å². The van der Waals surface area contributed by atoms with Crippen molar-refractivity contribution in [1.82, 2.24) is 20.3 Å². The normalized spacial score (nSPS) is 11.7. The number of aromatic nitrogens is 3. The number of rotatable bonds is 5. The van der Waals surface area contributed by atoms with E-state index >= 15 is 0 Å². The molecular weight excluding hydrogens is 302 g/mol. The van der Waals surface area contributed by atoms with Crippen LogP contribution in [-0.2, 0) is 6.54 Å². The number of urea groups is 1. The Labute approximate surface area is 140 Å². The Bertz CT molecular complexity index is 786. The number of carbonyl (C=O) groups is 1. The molecule has 3 rings (SSSR count). The number of nitrogens with zero attached hydrogens (tertiary/aromatic N) is 3. The molecule has 0 spiro atoms. The molecule has 0 saturated carbocycles. The number of carbonyl (C=O) groups excluding carboxylic acids is 1. The van der Waals surface area contributed by atoms with Gasteiger partial charge in [-0.15, -0.1) is 0 Å². The van der Waals surface area contributed by atoms with E-state index in [1.54, 1.807) is 17.2 Å². The van der Waals surface area contributed by atoms with Crippen LogP contribution in [-0.4, -0.2) is 21.0 Å². The van der Waals surface area contributed by atoms with Crippen molar-refractivity contribution in [3.63, 3.8) is 0 Å². The first-order valence-corrected chi connectivity index (χ1v) is 7.74. The highest BCUT2D eigenvalue weighted by atomic mass is 16.2. The number of anilines is 1. The van der Waals surface area contributed by atoms with E-state index in [0.29, 0.717) is 6.54 Å². The highest BCUT2D eigenvalue weighted by Crippen LogP contribution is 2.15. The van der Waals surface area contributed by atoms with Crippen molar-refractivity contribution in [2.75, 3.05) is 5.32 Å². The molecule has 122 valence electrons. The fourth-order valence-electron chi connectivity index (χ4n) is 2.47. The van der Waals surface area contributed by atoms with E-state index in [9.17, 15) is 4.79 Å². The Hall–Kier alpha value is -3.15. The van der Waals surface area contributed by atoms with E-state index in [4.69, 9.17) is 0 Å². The van der Waals surface area contributed by atoms with Gasteiger partial charge >= 0.3 is 6.03 Å². The summed E-state index contributed by atoms with van der Waals surface area (Å²) in [7, 11) is 0. The number of aryl methyl sites for hydroxylation is 1.